The van der Waals surface area contributed by atoms with Crippen LogP contribution < -0.4 is 5.32 Å². The van der Waals surface area contributed by atoms with Crippen LogP contribution in [0.3, 0.4) is 0 Å². The third-order valence-electron chi connectivity index (χ3n) is 2.88. The van der Waals surface area contributed by atoms with Crippen LogP contribution in [0, 0.1) is 6.92 Å². The highest BCUT2D eigenvalue weighted by atomic mass is 16.5. The van der Waals surface area contributed by atoms with Crippen LogP contribution in [0.4, 0.5) is 5.69 Å². The highest BCUT2D eigenvalue weighted by Gasteiger charge is 2.15. The number of nitrogens with one attached hydrogen (secondary N) is 1. The third-order valence-corrected chi connectivity index (χ3v) is 2.88. The van der Waals surface area contributed by atoms with Gasteiger partial charge >= 0.3 is 17.9 Å². The molecule has 7 heteroatoms. The molecule has 0 saturated heterocycles. The van der Waals surface area contributed by atoms with Crippen molar-refractivity contribution in [3.05, 3.63) is 41.1 Å². The molecule has 1 aromatic rings. The summed E-state index contributed by atoms with van der Waals surface area (Å²) >= 11 is 0. The van der Waals surface area contributed by atoms with E-state index >= 15 is 0 Å². The molecule has 0 amide bonds. The third kappa shape index (κ3) is 5.14. The van der Waals surface area contributed by atoms with Crippen molar-refractivity contribution in [2.45, 2.75) is 13.8 Å². The van der Waals surface area contributed by atoms with Gasteiger partial charge in [0.1, 0.15) is 5.70 Å². The molecule has 23 heavy (non-hydrogen) atoms. The molecule has 0 saturated carbocycles. The molecule has 0 aliphatic heterocycles. The molecule has 0 atom stereocenters. The summed E-state index contributed by atoms with van der Waals surface area (Å²) in [5.74, 6) is -1.84. The molecular weight excluding hydrogens is 302 g/mol. The monoisotopic (exact) mass is 321 g/mol. The summed E-state index contributed by atoms with van der Waals surface area (Å²) in [7, 11) is 2.40. The predicted octanol–water partition coefficient (Wildman–Crippen LogP) is 1.81. The first-order valence-corrected chi connectivity index (χ1v) is 6.85. The summed E-state index contributed by atoms with van der Waals surface area (Å²) in [4.78, 5) is 34.7. The quantitative estimate of drug-likeness (QED) is 0.485. The SMILES string of the molecule is CCOC(=O)c1ccc(N/C(=C/C(=O)OC)C(=O)OC)c(C)c1. The van der Waals surface area contributed by atoms with E-state index in [-0.39, 0.29) is 12.3 Å². The van der Waals surface area contributed by atoms with Crippen molar-refractivity contribution in [1.29, 1.82) is 0 Å². The average molecular weight is 321 g/mol. The van der Waals surface area contributed by atoms with E-state index in [4.69, 9.17) is 4.74 Å². The summed E-state index contributed by atoms with van der Waals surface area (Å²) in [6.45, 7) is 3.76. The lowest BCUT2D eigenvalue weighted by molar-refractivity contribution is -0.138. The summed E-state index contributed by atoms with van der Waals surface area (Å²) in [5, 5.41) is 2.79. The minimum atomic E-state index is -0.718. The van der Waals surface area contributed by atoms with Crippen LogP contribution in [-0.2, 0) is 23.8 Å². The largest absolute Gasteiger partial charge is 0.466 e. The predicted molar refractivity (Wildman–Crippen MR) is 82.9 cm³/mol. The van der Waals surface area contributed by atoms with Gasteiger partial charge in [0.15, 0.2) is 0 Å². The fraction of sp³-hybridized carbons (Fsp3) is 0.312. The lowest BCUT2D eigenvalue weighted by Crippen LogP contribution is -2.16. The van der Waals surface area contributed by atoms with Gasteiger partial charge in [0.25, 0.3) is 0 Å². The van der Waals surface area contributed by atoms with Crippen LogP contribution in [0.2, 0.25) is 0 Å². The van der Waals surface area contributed by atoms with Crippen LogP contribution >= 0.6 is 0 Å². The number of aryl methyl sites for hydroxylation is 1. The number of carbonyl (C=O) groups excluding carboxylic acids is 3. The molecule has 0 fully saturated rings. The second-order valence-corrected chi connectivity index (χ2v) is 4.45. The zero-order chi connectivity index (χ0) is 17.4. The van der Waals surface area contributed by atoms with Crippen LogP contribution in [-0.4, -0.2) is 38.7 Å². The van der Waals surface area contributed by atoms with E-state index in [1.165, 1.54) is 14.2 Å². The number of carbonyl (C=O) groups is 3. The van der Waals surface area contributed by atoms with Gasteiger partial charge in [-0.25, -0.2) is 14.4 Å². The molecule has 0 unspecified atom stereocenters. The second-order valence-electron chi connectivity index (χ2n) is 4.45. The number of ether oxygens (including phenoxy) is 3. The van der Waals surface area contributed by atoms with Crippen molar-refractivity contribution in [3.8, 4) is 0 Å². The lowest BCUT2D eigenvalue weighted by Gasteiger charge is -2.12. The lowest BCUT2D eigenvalue weighted by atomic mass is 10.1. The van der Waals surface area contributed by atoms with Crippen molar-refractivity contribution in [2.75, 3.05) is 26.1 Å². The van der Waals surface area contributed by atoms with E-state index < -0.39 is 17.9 Å². The maximum absolute atomic E-state index is 11.7. The van der Waals surface area contributed by atoms with Gasteiger partial charge in [-0.1, -0.05) is 0 Å². The molecule has 1 rings (SSSR count). The van der Waals surface area contributed by atoms with Crippen LogP contribution in [0.1, 0.15) is 22.8 Å². The van der Waals surface area contributed by atoms with Gasteiger partial charge in [0, 0.05) is 5.69 Å². The smallest absolute Gasteiger partial charge is 0.354 e. The molecule has 0 radical (unpaired) electrons. The Morgan fingerprint density at radius 3 is 2.39 bits per heavy atom. The maximum Gasteiger partial charge on any atom is 0.354 e. The first-order valence-electron chi connectivity index (χ1n) is 6.85. The topological polar surface area (TPSA) is 90.9 Å². The molecule has 1 N–H and O–H groups in total. The van der Waals surface area contributed by atoms with E-state index in [1.807, 2.05) is 0 Å². The van der Waals surface area contributed by atoms with Crippen molar-refractivity contribution in [3.63, 3.8) is 0 Å². The number of hydrogen-bond donors (Lipinski definition) is 1. The van der Waals surface area contributed by atoms with E-state index in [0.29, 0.717) is 16.8 Å². The Hall–Kier alpha value is -2.83. The fourth-order valence-corrected chi connectivity index (χ4v) is 1.72. The van der Waals surface area contributed by atoms with Crippen LogP contribution in [0.5, 0.6) is 0 Å². The molecule has 0 aromatic heterocycles. The average Bonchev–Trinajstić information content (AvgIpc) is 2.54. The van der Waals surface area contributed by atoms with Gasteiger partial charge in [-0.05, 0) is 37.6 Å². The zero-order valence-electron chi connectivity index (χ0n) is 13.5. The summed E-state index contributed by atoms with van der Waals surface area (Å²) in [5.41, 5.74) is 1.55. The van der Waals surface area contributed by atoms with Gasteiger partial charge in [-0.15, -0.1) is 0 Å². The normalized spacial score (nSPS) is 10.7. The number of rotatable bonds is 6. The fourth-order valence-electron chi connectivity index (χ4n) is 1.72. The van der Waals surface area contributed by atoms with Gasteiger partial charge in [-0.3, -0.25) is 0 Å². The summed E-state index contributed by atoms with van der Waals surface area (Å²) in [6.07, 6.45) is 0.991. The first kappa shape index (κ1) is 18.2. The van der Waals surface area contributed by atoms with Crippen LogP contribution in [0.25, 0.3) is 0 Å². The standard InChI is InChI=1S/C16H19NO6/c1-5-23-15(19)11-6-7-12(10(2)8-11)17-13(16(20)22-4)9-14(18)21-3/h6-9,17H,5H2,1-4H3/b13-9+. The molecule has 0 aliphatic carbocycles. The molecule has 1 aromatic carbocycles. The maximum atomic E-state index is 11.7. The molecule has 0 aliphatic rings. The highest BCUT2D eigenvalue weighted by molar-refractivity contribution is 5.99. The molecule has 0 spiro atoms. The number of hydrogen-bond acceptors (Lipinski definition) is 7. The van der Waals surface area contributed by atoms with Crippen molar-refractivity contribution < 1.29 is 28.6 Å². The Bertz CT molecular complexity index is 635. The minimum absolute atomic E-state index is 0.0775. The number of anilines is 1. The Kier molecular flexibility index (Phi) is 6.79. The van der Waals surface area contributed by atoms with E-state index in [9.17, 15) is 14.4 Å². The number of esters is 3. The van der Waals surface area contributed by atoms with Gasteiger partial charge in [0.05, 0.1) is 32.5 Å². The van der Waals surface area contributed by atoms with Gasteiger partial charge < -0.3 is 19.5 Å². The Morgan fingerprint density at radius 2 is 1.87 bits per heavy atom. The van der Waals surface area contributed by atoms with Crippen molar-refractivity contribution >= 4 is 23.6 Å². The molecule has 0 heterocycles. The van der Waals surface area contributed by atoms with E-state index in [2.05, 4.69) is 14.8 Å². The molecule has 7 nitrogen and oxygen atoms in total. The summed E-state index contributed by atoms with van der Waals surface area (Å²) < 4.78 is 14.0. The van der Waals surface area contributed by atoms with Gasteiger partial charge in [0.2, 0.25) is 0 Å². The Morgan fingerprint density at radius 1 is 1.17 bits per heavy atom. The van der Waals surface area contributed by atoms with Crippen molar-refractivity contribution in [2.24, 2.45) is 0 Å². The van der Waals surface area contributed by atoms with Crippen molar-refractivity contribution in [1.82, 2.24) is 0 Å². The number of methoxy groups -OCH3 is 2. The Labute approximate surface area is 134 Å². The highest BCUT2D eigenvalue weighted by Crippen LogP contribution is 2.19. The summed E-state index contributed by atoms with van der Waals surface area (Å²) in [6, 6.07) is 4.78. The van der Waals surface area contributed by atoms with E-state index in [1.54, 1.807) is 32.0 Å². The molecule has 0 bridgehead atoms. The second kappa shape index (κ2) is 8.57. The van der Waals surface area contributed by atoms with Gasteiger partial charge in [-0.2, -0.15) is 0 Å². The van der Waals surface area contributed by atoms with Crippen LogP contribution in [0.15, 0.2) is 30.0 Å². The van der Waals surface area contributed by atoms with E-state index in [0.717, 1.165) is 6.08 Å². The molecular formula is C16H19NO6. The zero-order valence-corrected chi connectivity index (χ0v) is 13.5. The first-order chi connectivity index (χ1) is 10.9. The Balaban J connectivity index is 3.05. The molecule has 124 valence electrons. The number of benzene rings is 1. The minimum Gasteiger partial charge on any atom is -0.466 e.